The first-order valence-electron chi connectivity index (χ1n) is 6.63. The molecule has 0 amide bonds. The summed E-state index contributed by atoms with van der Waals surface area (Å²) in [5.41, 5.74) is 3.93. The Kier molecular flexibility index (Phi) is 2.45. The minimum Gasteiger partial charge on any atom is -0.454 e. The van der Waals surface area contributed by atoms with Gasteiger partial charge in [0.2, 0.25) is 6.79 Å². The summed E-state index contributed by atoms with van der Waals surface area (Å²) >= 11 is 0. The molecule has 4 rings (SSSR count). The smallest absolute Gasteiger partial charge is 0.231 e. The van der Waals surface area contributed by atoms with Gasteiger partial charge in [0.15, 0.2) is 11.5 Å². The first kappa shape index (κ1) is 10.9. The van der Waals surface area contributed by atoms with E-state index in [0.29, 0.717) is 6.79 Å². The molecule has 0 radical (unpaired) electrons. The molecular weight excluding hydrogens is 238 g/mol. The highest BCUT2D eigenvalue weighted by Crippen LogP contribution is 2.41. The third-order valence-corrected chi connectivity index (χ3v) is 3.85. The van der Waals surface area contributed by atoms with Crippen LogP contribution in [0.25, 0.3) is 0 Å². The van der Waals surface area contributed by atoms with E-state index < -0.39 is 0 Å². The molecule has 0 fully saturated rings. The quantitative estimate of drug-likeness (QED) is 0.847. The molecule has 3 nitrogen and oxygen atoms in total. The van der Waals surface area contributed by atoms with Crippen molar-refractivity contribution in [2.75, 3.05) is 13.3 Å². The monoisotopic (exact) mass is 253 g/mol. The summed E-state index contributed by atoms with van der Waals surface area (Å²) in [6.07, 6.45) is 1.08. The summed E-state index contributed by atoms with van der Waals surface area (Å²) in [4.78, 5) is 0. The van der Waals surface area contributed by atoms with Gasteiger partial charge >= 0.3 is 0 Å². The van der Waals surface area contributed by atoms with Gasteiger partial charge in [0.25, 0.3) is 0 Å². The molecule has 3 heteroatoms. The third kappa shape index (κ3) is 1.70. The Bertz CT molecular complexity index is 624. The van der Waals surface area contributed by atoms with Crippen molar-refractivity contribution in [1.29, 1.82) is 0 Å². The lowest BCUT2D eigenvalue weighted by Gasteiger charge is -2.27. The van der Waals surface area contributed by atoms with E-state index in [4.69, 9.17) is 9.47 Å². The molecule has 2 aliphatic rings. The highest BCUT2D eigenvalue weighted by Gasteiger charge is 2.27. The highest BCUT2D eigenvalue weighted by atomic mass is 16.7. The van der Waals surface area contributed by atoms with Crippen LogP contribution in [0.4, 0.5) is 0 Å². The third-order valence-electron chi connectivity index (χ3n) is 3.85. The maximum atomic E-state index is 5.64. The summed E-state index contributed by atoms with van der Waals surface area (Å²) in [6.45, 7) is 1.31. The van der Waals surface area contributed by atoms with E-state index in [-0.39, 0.29) is 6.04 Å². The molecule has 0 saturated heterocycles. The molecule has 0 aromatic heterocycles. The number of para-hydroxylation sites is 1. The van der Waals surface area contributed by atoms with Crippen LogP contribution >= 0.6 is 0 Å². The number of fused-ring (bicyclic) bond motifs is 2. The van der Waals surface area contributed by atoms with E-state index in [2.05, 4.69) is 35.6 Å². The Morgan fingerprint density at radius 2 is 1.84 bits per heavy atom. The van der Waals surface area contributed by atoms with E-state index in [1.807, 2.05) is 12.1 Å². The summed E-state index contributed by atoms with van der Waals surface area (Å²) in [5.74, 6) is 1.74. The fourth-order valence-corrected chi connectivity index (χ4v) is 2.96. The molecule has 0 bridgehead atoms. The van der Waals surface area contributed by atoms with Gasteiger partial charge in [-0.3, -0.25) is 0 Å². The predicted octanol–water partition coefficient (Wildman–Crippen LogP) is 2.65. The number of nitrogens with one attached hydrogen (secondary N) is 1. The van der Waals surface area contributed by atoms with Crippen molar-refractivity contribution in [3.05, 3.63) is 59.2 Å². The average Bonchev–Trinajstić information content (AvgIpc) is 2.95. The van der Waals surface area contributed by atoms with Crippen LogP contribution in [0.1, 0.15) is 22.7 Å². The van der Waals surface area contributed by atoms with Crippen LogP contribution in [-0.2, 0) is 6.42 Å². The summed E-state index contributed by atoms with van der Waals surface area (Å²) in [6, 6.07) is 14.9. The van der Waals surface area contributed by atoms with Crippen molar-refractivity contribution in [3.63, 3.8) is 0 Å². The molecule has 0 spiro atoms. The van der Waals surface area contributed by atoms with Gasteiger partial charge in [-0.15, -0.1) is 0 Å². The van der Waals surface area contributed by atoms with Crippen molar-refractivity contribution in [3.8, 4) is 11.5 Å². The number of rotatable bonds is 1. The Morgan fingerprint density at radius 1 is 0.947 bits per heavy atom. The fraction of sp³-hybridized carbons (Fsp3) is 0.250. The summed E-state index contributed by atoms with van der Waals surface area (Å²) < 4.78 is 11.1. The van der Waals surface area contributed by atoms with Gasteiger partial charge in [0, 0.05) is 12.1 Å². The number of hydrogen-bond donors (Lipinski definition) is 1. The van der Waals surface area contributed by atoms with Crippen molar-refractivity contribution < 1.29 is 9.47 Å². The average molecular weight is 253 g/mol. The molecule has 0 aliphatic carbocycles. The van der Waals surface area contributed by atoms with E-state index in [9.17, 15) is 0 Å². The van der Waals surface area contributed by atoms with Crippen molar-refractivity contribution in [1.82, 2.24) is 5.32 Å². The Balaban J connectivity index is 1.84. The fourth-order valence-electron chi connectivity index (χ4n) is 2.96. The van der Waals surface area contributed by atoms with Gasteiger partial charge in [-0.2, -0.15) is 0 Å². The number of ether oxygens (including phenoxy) is 2. The zero-order valence-electron chi connectivity index (χ0n) is 10.6. The highest BCUT2D eigenvalue weighted by molar-refractivity contribution is 5.53. The van der Waals surface area contributed by atoms with E-state index >= 15 is 0 Å². The minimum atomic E-state index is 0.196. The molecule has 0 saturated carbocycles. The van der Waals surface area contributed by atoms with Crippen LogP contribution in [0.3, 0.4) is 0 Å². The van der Waals surface area contributed by atoms with Crippen LogP contribution in [0.2, 0.25) is 0 Å². The Morgan fingerprint density at radius 3 is 2.84 bits per heavy atom. The standard InChI is InChI=1S/C16H15NO2/c1-2-5-12-11(4-1)8-9-17-15(12)13-6-3-7-14-16(13)19-10-18-14/h1-7,15,17H,8-10H2. The summed E-state index contributed by atoms with van der Waals surface area (Å²) in [5, 5.41) is 3.59. The second-order valence-corrected chi connectivity index (χ2v) is 4.92. The number of benzene rings is 2. The first-order valence-corrected chi connectivity index (χ1v) is 6.63. The van der Waals surface area contributed by atoms with E-state index in [1.54, 1.807) is 0 Å². The lowest BCUT2D eigenvalue weighted by Crippen LogP contribution is -2.30. The normalized spacial score (nSPS) is 20.1. The second kappa shape index (κ2) is 4.28. The van der Waals surface area contributed by atoms with Crippen molar-refractivity contribution in [2.45, 2.75) is 12.5 Å². The van der Waals surface area contributed by atoms with Gasteiger partial charge in [-0.05, 0) is 23.6 Å². The van der Waals surface area contributed by atoms with Crippen molar-refractivity contribution in [2.24, 2.45) is 0 Å². The van der Waals surface area contributed by atoms with E-state index in [1.165, 1.54) is 16.7 Å². The Hall–Kier alpha value is -2.00. The van der Waals surface area contributed by atoms with E-state index in [0.717, 1.165) is 24.5 Å². The topological polar surface area (TPSA) is 30.5 Å². The molecule has 96 valence electrons. The molecule has 1 unspecified atom stereocenters. The molecule has 2 heterocycles. The van der Waals surface area contributed by atoms with Crippen molar-refractivity contribution >= 4 is 0 Å². The molecule has 1 N–H and O–H groups in total. The maximum absolute atomic E-state index is 5.64. The zero-order chi connectivity index (χ0) is 12.7. The lowest BCUT2D eigenvalue weighted by molar-refractivity contribution is 0.173. The van der Waals surface area contributed by atoms with Gasteiger partial charge in [0.1, 0.15) is 0 Å². The minimum absolute atomic E-state index is 0.196. The van der Waals surface area contributed by atoms with Gasteiger partial charge < -0.3 is 14.8 Å². The maximum Gasteiger partial charge on any atom is 0.231 e. The van der Waals surface area contributed by atoms with Crippen LogP contribution in [0, 0.1) is 0 Å². The second-order valence-electron chi connectivity index (χ2n) is 4.92. The van der Waals surface area contributed by atoms with Crippen LogP contribution in [-0.4, -0.2) is 13.3 Å². The lowest BCUT2D eigenvalue weighted by atomic mass is 9.89. The zero-order valence-corrected chi connectivity index (χ0v) is 10.6. The Labute approximate surface area is 112 Å². The first-order chi connectivity index (χ1) is 9.43. The van der Waals surface area contributed by atoms with Gasteiger partial charge in [-0.25, -0.2) is 0 Å². The molecule has 1 atom stereocenters. The van der Waals surface area contributed by atoms with Gasteiger partial charge in [-0.1, -0.05) is 36.4 Å². The molecule has 2 aromatic rings. The predicted molar refractivity (Wildman–Crippen MR) is 72.6 cm³/mol. The molecule has 2 aromatic carbocycles. The largest absolute Gasteiger partial charge is 0.454 e. The molecule has 19 heavy (non-hydrogen) atoms. The van der Waals surface area contributed by atoms with Crippen LogP contribution in [0.5, 0.6) is 11.5 Å². The van der Waals surface area contributed by atoms with Crippen LogP contribution < -0.4 is 14.8 Å². The molecular formula is C16H15NO2. The SMILES string of the molecule is c1ccc2c(c1)CCNC2c1cccc2c1OCO2. The molecule has 2 aliphatic heterocycles. The van der Waals surface area contributed by atoms with Crippen LogP contribution in [0.15, 0.2) is 42.5 Å². The van der Waals surface area contributed by atoms with Gasteiger partial charge in [0.05, 0.1) is 6.04 Å². The number of hydrogen-bond acceptors (Lipinski definition) is 3. The summed E-state index contributed by atoms with van der Waals surface area (Å²) in [7, 11) is 0.